The van der Waals surface area contributed by atoms with Crippen LogP contribution in [0.2, 0.25) is 0 Å². The van der Waals surface area contributed by atoms with Crippen LogP contribution in [0.3, 0.4) is 0 Å². The molecule has 0 heterocycles. The van der Waals surface area contributed by atoms with Crippen LogP contribution in [-0.4, -0.2) is 18.8 Å². The minimum atomic E-state index is -1.14. The summed E-state index contributed by atoms with van der Waals surface area (Å²) in [5.41, 5.74) is 0.365. The lowest BCUT2D eigenvalue weighted by Crippen LogP contribution is -2.23. The third kappa shape index (κ3) is 2.78. The van der Waals surface area contributed by atoms with Crippen molar-refractivity contribution in [3.8, 4) is 11.5 Å². The molecule has 0 saturated heterocycles. The Morgan fingerprint density at radius 2 is 1.85 bits per heavy atom. The molecule has 1 N–H and O–H groups in total. The van der Waals surface area contributed by atoms with E-state index in [1.807, 2.05) is 55.5 Å². The van der Waals surface area contributed by atoms with Gasteiger partial charge in [0, 0.05) is 5.56 Å². The highest BCUT2D eigenvalue weighted by Crippen LogP contribution is 2.36. The smallest absolute Gasteiger partial charge is 0.125 e. The highest BCUT2D eigenvalue weighted by Gasteiger charge is 2.29. The first-order valence-corrected chi connectivity index (χ1v) is 6.68. The molecule has 0 aliphatic carbocycles. The second-order valence-corrected chi connectivity index (χ2v) is 4.73. The molecule has 3 heteroatoms. The average molecular weight is 272 g/mol. The van der Waals surface area contributed by atoms with Crippen LogP contribution < -0.4 is 9.47 Å². The van der Waals surface area contributed by atoms with E-state index in [0.29, 0.717) is 12.4 Å². The number of methoxy groups -OCH3 is 1. The fraction of sp³-hybridized carbons (Fsp3) is 0.294. The Labute approximate surface area is 119 Å². The van der Waals surface area contributed by atoms with Crippen molar-refractivity contribution in [2.75, 3.05) is 13.7 Å². The third-order valence-electron chi connectivity index (χ3n) is 3.34. The predicted octanol–water partition coefficient (Wildman–Crippen LogP) is 3.35. The zero-order valence-corrected chi connectivity index (χ0v) is 12.1. The number of hydrogen-bond donors (Lipinski definition) is 1. The van der Waals surface area contributed by atoms with Crippen LogP contribution in [-0.2, 0) is 5.60 Å². The first-order valence-electron chi connectivity index (χ1n) is 6.68. The Kier molecular flexibility index (Phi) is 4.30. The standard InChI is InChI=1S/C17H20O3/c1-4-20-14-9-7-8-13(12-14)17(2,18)15-10-5-6-11-16(15)19-3/h5-12,18H,4H2,1-3H3. The Morgan fingerprint density at radius 1 is 1.10 bits per heavy atom. The summed E-state index contributed by atoms with van der Waals surface area (Å²) in [6.45, 7) is 4.29. The van der Waals surface area contributed by atoms with Gasteiger partial charge in [0.1, 0.15) is 17.1 Å². The molecule has 2 rings (SSSR count). The van der Waals surface area contributed by atoms with Gasteiger partial charge < -0.3 is 14.6 Å². The average Bonchev–Trinajstić information content (AvgIpc) is 2.48. The van der Waals surface area contributed by atoms with Gasteiger partial charge in [-0.2, -0.15) is 0 Å². The summed E-state index contributed by atoms with van der Waals surface area (Å²) >= 11 is 0. The highest BCUT2D eigenvalue weighted by molar-refractivity contribution is 5.45. The van der Waals surface area contributed by atoms with E-state index in [9.17, 15) is 5.11 Å². The van der Waals surface area contributed by atoms with E-state index < -0.39 is 5.60 Å². The van der Waals surface area contributed by atoms with Gasteiger partial charge in [-0.1, -0.05) is 30.3 Å². The number of ether oxygens (including phenoxy) is 2. The molecule has 0 fully saturated rings. The number of para-hydroxylation sites is 1. The SMILES string of the molecule is CCOc1cccc(C(C)(O)c2ccccc2OC)c1. The van der Waals surface area contributed by atoms with Crippen LogP contribution in [0, 0.1) is 0 Å². The number of hydrogen-bond acceptors (Lipinski definition) is 3. The van der Waals surface area contributed by atoms with Crippen molar-refractivity contribution in [3.63, 3.8) is 0 Å². The van der Waals surface area contributed by atoms with Gasteiger partial charge in [-0.15, -0.1) is 0 Å². The fourth-order valence-corrected chi connectivity index (χ4v) is 2.26. The largest absolute Gasteiger partial charge is 0.496 e. The summed E-state index contributed by atoms with van der Waals surface area (Å²) in [6, 6.07) is 15.0. The van der Waals surface area contributed by atoms with Gasteiger partial charge in [0.15, 0.2) is 0 Å². The van der Waals surface area contributed by atoms with Crippen molar-refractivity contribution in [1.29, 1.82) is 0 Å². The summed E-state index contributed by atoms with van der Waals surface area (Å²) in [6.07, 6.45) is 0. The quantitative estimate of drug-likeness (QED) is 0.907. The van der Waals surface area contributed by atoms with E-state index in [2.05, 4.69) is 0 Å². The van der Waals surface area contributed by atoms with E-state index in [0.717, 1.165) is 16.9 Å². The van der Waals surface area contributed by atoms with Gasteiger partial charge in [0.05, 0.1) is 13.7 Å². The van der Waals surface area contributed by atoms with Crippen molar-refractivity contribution in [2.45, 2.75) is 19.4 Å². The zero-order valence-electron chi connectivity index (χ0n) is 12.1. The molecule has 0 saturated carbocycles. The van der Waals surface area contributed by atoms with Gasteiger partial charge in [0.25, 0.3) is 0 Å². The summed E-state index contributed by atoms with van der Waals surface area (Å²) in [5.74, 6) is 1.42. The number of benzene rings is 2. The number of aliphatic hydroxyl groups is 1. The Morgan fingerprint density at radius 3 is 2.55 bits per heavy atom. The normalized spacial score (nSPS) is 13.6. The minimum absolute atomic E-state index is 0.597. The molecule has 0 amide bonds. The lowest BCUT2D eigenvalue weighted by molar-refractivity contribution is 0.0986. The molecule has 0 spiro atoms. The first-order chi connectivity index (χ1) is 9.59. The maximum atomic E-state index is 10.9. The Hall–Kier alpha value is -2.00. The van der Waals surface area contributed by atoms with Crippen LogP contribution in [0.1, 0.15) is 25.0 Å². The van der Waals surface area contributed by atoms with Crippen LogP contribution >= 0.6 is 0 Å². The molecule has 20 heavy (non-hydrogen) atoms. The lowest BCUT2D eigenvalue weighted by atomic mass is 9.87. The topological polar surface area (TPSA) is 38.7 Å². The first kappa shape index (κ1) is 14.4. The molecule has 0 aliphatic heterocycles. The summed E-state index contributed by atoms with van der Waals surface area (Å²) in [7, 11) is 1.60. The van der Waals surface area contributed by atoms with Gasteiger partial charge in [-0.05, 0) is 37.6 Å². The maximum Gasteiger partial charge on any atom is 0.125 e. The van der Waals surface area contributed by atoms with Crippen molar-refractivity contribution < 1.29 is 14.6 Å². The zero-order chi connectivity index (χ0) is 14.6. The molecule has 2 aromatic rings. The monoisotopic (exact) mass is 272 g/mol. The molecule has 0 aromatic heterocycles. The van der Waals surface area contributed by atoms with Crippen molar-refractivity contribution in [1.82, 2.24) is 0 Å². The van der Waals surface area contributed by atoms with Gasteiger partial charge in [0.2, 0.25) is 0 Å². The second kappa shape index (κ2) is 5.97. The van der Waals surface area contributed by atoms with Crippen molar-refractivity contribution in [2.24, 2.45) is 0 Å². The molecular weight excluding hydrogens is 252 g/mol. The Balaban J connectivity index is 2.46. The molecule has 106 valence electrons. The van der Waals surface area contributed by atoms with Gasteiger partial charge in [-0.25, -0.2) is 0 Å². The molecule has 2 aromatic carbocycles. The van der Waals surface area contributed by atoms with E-state index in [-0.39, 0.29) is 0 Å². The third-order valence-corrected chi connectivity index (χ3v) is 3.34. The lowest BCUT2D eigenvalue weighted by Gasteiger charge is -2.26. The molecule has 1 atom stereocenters. The molecule has 0 radical (unpaired) electrons. The second-order valence-electron chi connectivity index (χ2n) is 4.73. The van der Waals surface area contributed by atoms with Crippen LogP contribution in [0.4, 0.5) is 0 Å². The summed E-state index contributed by atoms with van der Waals surface area (Å²) in [4.78, 5) is 0. The van der Waals surface area contributed by atoms with Gasteiger partial charge >= 0.3 is 0 Å². The van der Waals surface area contributed by atoms with E-state index in [1.54, 1.807) is 14.0 Å². The predicted molar refractivity (Wildman–Crippen MR) is 79.3 cm³/mol. The van der Waals surface area contributed by atoms with Crippen molar-refractivity contribution in [3.05, 3.63) is 59.7 Å². The van der Waals surface area contributed by atoms with Crippen LogP contribution in [0.25, 0.3) is 0 Å². The molecule has 1 unspecified atom stereocenters. The Bertz CT molecular complexity index is 576. The molecule has 3 nitrogen and oxygen atoms in total. The fourth-order valence-electron chi connectivity index (χ4n) is 2.26. The van der Waals surface area contributed by atoms with E-state index >= 15 is 0 Å². The minimum Gasteiger partial charge on any atom is -0.496 e. The highest BCUT2D eigenvalue weighted by atomic mass is 16.5. The van der Waals surface area contributed by atoms with Gasteiger partial charge in [-0.3, -0.25) is 0 Å². The van der Waals surface area contributed by atoms with E-state index in [4.69, 9.17) is 9.47 Å². The molecular formula is C17H20O3. The van der Waals surface area contributed by atoms with E-state index in [1.165, 1.54) is 0 Å². The maximum absolute atomic E-state index is 10.9. The van der Waals surface area contributed by atoms with Crippen LogP contribution in [0.5, 0.6) is 11.5 Å². The number of rotatable bonds is 5. The van der Waals surface area contributed by atoms with Crippen LogP contribution in [0.15, 0.2) is 48.5 Å². The molecule has 0 bridgehead atoms. The summed E-state index contributed by atoms with van der Waals surface area (Å²) < 4.78 is 10.8. The van der Waals surface area contributed by atoms with Crippen molar-refractivity contribution >= 4 is 0 Å². The summed E-state index contributed by atoms with van der Waals surface area (Å²) in [5, 5.41) is 10.9. The molecule has 0 aliphatic rings.